The third-order valence-corrected chi connectivity index (χ3v) is 3.58. The molecule has 1 rings (SSSR count). The Bertz CT molecular complexity index is 611. The number of amides is 3. The highest BCUT2D eigenvalue weighted by Gasteiger charge is 2.26. The zero-order valence-corrected chi connectivity index (χ0v) is 16.7. The van der Waals surface area contributed by atoms with E-state index in [4.69, 9.17) is 4.74 Å². The maximum Gasteiger partial charge on any atom is 0.408 e. The number of nitrogens with one attached hydrogen (secondary N) is 3. The zero-order chi connectivity index (χ0) is 20.4. The fourth-order valence-corrected chi connectivity index (χ4v) is 2.51. The predicted octanol–water partition coefficient (Wildman–Crippen LogP) is 2.36. The second kappa shape index (κ2) is 10.5. The van der Waals surface area contributed by atoms with Crippen molar-refractivity contribution in [1.29, 1.82) is 0 Å². The van der Waals surface area contributed by atoms with Crippen LogP contribution in [0.3, 0.4) is 0 Å². The standard InChI is InChI=1S/C20H31N3O4/c1-14(2)11-16(22-19(26)27-20(3,4)5)18(25)23-17(21-13-24)12-15-9-7-6-8-10-15/h6-10,13-14,16-17H,11-12H2,1-5H3,(H,21,24)(H,22,26)(H,23,25)/t16-,17-/m0/s1. The lowest BCUT2D eigenvalue weighted by Gasteiger charge is -2.26. The normalized spacial score (nSPS) is 13.4. The predicted molar refractivity (Wildman–Crippen MR) is 104 cm³/mol. The van der Waals surface area contributed by atoms with Crippen LogP contribution in [-0.2, 0) is 20.7 Å². The van der Waals surface area contributed by atoms with Crippen molar-refractivity contribution >= 4 is 18.4 Å². The van der Waals surface area contributed by atoms with E-state index in [0.29, 0.717) is 19.3 Å². The van der Waals surface area contributed by atoms with Crippen LogP contribution < -0.4 is 16.0 Å². The average Bonchev–Trinajstić information content (AvgIpc) is 2.53. The number of ether oxygens (including phenoxy) is 1. The van der Waals surface area contributed by atoms with Gasteiger partial charge in [-0.2, -0.15) is 0 Å². The summed E-state index contributed by atoms with van der Waals surface area (Å²) in [4.78, 5) is 35.7. The van der Waals surface area contributed by atoms with Crippen LogP contribution in [0.5, 0.6) is 0 Å². The molecule has 2 atom stereocenters. The topological polar surface area (TPSA) is 96.5 Å². The first-order valence-electron chi connectivity index (χ1n) is 9.14. The Hall–Kier alpha value is -2.57. The number of benzene rings is 1. The highest BCUT2D eigenvalue weighted by Crippen LogP contribution is 2.10. The highest BCUT2D eigenvalue weighted by molar-refractivity contribution is 5.86. The fraction of sp³-hybridized carbons (Fsp3) is 0.550. The van der Waals surface area contributed by atoms with E-state index < -0.39 is 23.9 Å². The number of hydrogen-bond donors (Lipinski definition) is 3. The summed E-state index contributed by atoms with van der Waals surface area (Å²) < 4.78 is 5.25. The first kappa shape index (κ1) is 22.5. The molecule has 1 aromatic rings. The van der Waals surface area contributed by atoms with Crippen LogP contribution in [0.2, 0.25) is 0 Å². The van der Waals surface area contributed by atoms with Gasteiger partial charge in [0.25, 0.3) is 0 Å². The number of hydrogen-bond acceptors (Lipinski definition) is 4. The Labute approximate surface area is 161 Å². The van der Waals surface area contributed by atoms with Crippen LogP contribution in [0.25, 0.3) is 0 Å². The van der Waals surface area contributed by atoms with E-state index >= 15 is 0 Å². The molecule has 0 saturated heterocycles. The van der Waals surface area contributed by atoms with E-state index in [-0.39, 0.29) is 11.8 Å². The summed E-state index contributed by atoms with van der Waals surface area (Å²) in [5.41, 5.74) is 0.315. The van der Waals surface area contributed by atoms with Gasteiger partial charge in [0.2, 0.25) is 12.3 Å². The summed E-state index contributed by atoms with van der Waals surface area (Å²) in [5, 5.41) is 8.02. The second-order valence-corrected chi connectivity index (χ2v) is 7.86. The lowest BCUT2D eigenvalue weighted by atomic mass is 10.0. The molecule has 0 aliphatic carbocycles. The molecule has 150 valence electrons. The number of carbonyl (C=O) groups excluding carboxylic acids is 3. The van der Waals surface area contributed by atoms with E-state index in [1.807, 2.05) is 44.2 Å². The van der Waals surface area contributed by atoms with Gasteiger partial charge in [0.1, 0.15) is 17.8 Å². The SMILES string of the molecule is CC(C)C[C@H](NC(=O)OC(C)(C)C)C(=O)N[C@@H](Cc1ccccc1)NC=O. The quantitative estimate of drug-likeness (QED) is 0.455. The Morgan fingerprint density at radius 1 is 1.11 bits per heavy atom. The summed E-state index contributed by atoms with van der Waals surface area (Å²) in [6.07, 6.45) is 0.210. The molecule has 1 aromatic carbocycles. The van der Waals surface area contributed by atoms with Crippen molar-refractivity contribution in [2.75, 3.05) is 0 Å². The summed E-state index contributed by atoms with van der Waals surface area (Å²) >= 11 is 0. The lowest BCUT2D eigenvalue weighted by Crippen LogP contribution is -2.54. The molecule has 0 saturated carbocycles. The molecule has 0 unspecified atom stereocenters. The van der Waals surface area contributed by atoms with Crippen molar-refractivity contribution in [3.05, 3.63) is 35.9 Å². The summed E-state index contributed by atoms with van der Waals surface area (Å²) in [6, 6.07) is 8.74. The molecular formula is C20H31N3O4. The Morgan fingerprint density at radius 3 is 2.26 bits per heavy atom. The molecule has 7 nitrogen and oxygen atoms in total. The van der Waals surface area contributed by atoms with E-state index in [1.54, 1.807) is 20.8 Å². The van der Waals surface area contributed by atoms with E-state index in [9.17, 15) is 14.4 Å². The highest BCUT2D eigenvalue weighted by atomic mass is 16.6. The maximum atomic E-state index is 12.7. The van der Waals surface area contributed by atoms with Gasteiger partial charge in [0, 0.05) is 6.42 Å². The minimum absolute atomic E-state index is 0.183. The molecule has 0 radical (unpaired) electrons. The number of carbonyl (C=O) groups is 3. The minimum atomic E-state index is -0.758. The van der Waals surface area contributed by atoms with Gasteiger partial charge in [-0.25, -0.2) is 4.79 Å². The van der Waals surface area contributed by atoms with Crippen LogP contribution in [0.1, 0.15) is 46.6 Å². The molecule has 7 heteroatoms. The summed E-state index contributed by atoms with van der Waals surface area (Å²) in [6.45, 7) is 9.19. The maximum absolute atomic E-state index is 12.7. The molecule has 0 aromatic heterocycles. The third-order valence-electron chi connectivity index (χ3n) is 3.58. The van der Waals surface area contributed by atoms with E-state index in [2.05, 4.69) is 16.0 Å². The van der Waals surface area contributed by atoms with E-state index in [1.165, 1.54) is 0 Å². The molecule has 0 fully saturated rings. The fourth-order valence-electron chi connectivity index (χ4n) is 2.51. The average molecular weight is 377 g/mol. The van der Waals surface area contributed by atoms with Gasteiger partial charge in [0.15, 0.2) is 0 Å². The lowest BCUT2D eigenvalue weighted by molar-refractivity contribution is -0.124. The second-order valence-electron chi connectivity index (χ2n) is 7.86. The summed E-state index contributed by atoms with van der Waals surface area (Å²) in [5.74, 6) is -0.188. The molecule has 0 aliphatic heterocycles. The van der Waals surface area contributed by atoms with Gasteiger partial charge in [-0.3, -0.25) is 9.59 Å². The van der Waals surface area contributed by atoms with Crippen molar-refractivity contribution in [2.45, 2.75) is 65.3 Å². The smallest absolute Gasteiger partial charge is 0.408 e. The largest absolute Gasteiger partial charge is 0.444 e. The van der Waals surface area contributed by atoms with Gasteiger partial charge in [-0.1, -0.05) is 44.2 Å². The van der Waals surface area contributed by atoms with Gasteiger partial charge < -0.3 is 20.7 Å². The van der Waals surface area contributed by atoms with Crippen molar-refractivity contribution in [2.24, 2.45) is 5.92 Å². The minimum Gasteiger partial charge on any atom is -0.444 e. The van der Waals surface area contributed by atoms with Crippen molar-refractivity contribution in [1.82, 2.24) is 16.0 Å². The Balaban J connectivity index is 2.79. The Kier molecular flexibility index (Phi) is 8.78. The molecule has 0 bridgehead atoms. The van der Waals surface area contributed by atoms with Crippen LogP contribution in [-0.4, -0.2) is 36.2 Å². The molecule has 0 heterocycles. The molecule has 3 amide bonds. The van der Waals surface area contributed by atoms with Crippen LogP contribution in [0.4, 0.5) is 4.79 Å². The van der Waals surface area contributed by atoms with Gasteiger partial charge in [0.05, 0.1) is 0 Å². The molecular weight excluding hydrogens is 346 g/mol. The van der Waals surface area contributed by atoms with Crippen molar-refractivity contribution in [3.63, 3.8) is 0 Å². The van der Waals surface area contributed by atoms with Gasteiger partial charge >= 0.3 is 6.09 Å². The first-order chi connectivity index (χ1) is 12.6. The van der Waals surface area contributed by atoms with Crippen LogP contribution in [0.15, 0.2) is 30.3 Å². The van der Waals surface area contributed by atoms with Crippen LogP contribution in [0, 0.1) is 5.92 Å². The molecule has 0 aliphatic rings. The van der Waals surface area contributed by atoms with Gasteiger partial charge in [-0.05, 0) is 38.7 Å². The first-order valence-corrected chi connectivity index (χ1v) is 9.14. The molecule has 3 N–H and O–H groups in total. The van der Waals surface area contributed by atoms with Gasteiger partial charge in [-0.15, -0.1) is 0 Å². The monoisotopic (exact) mass is 377 g/mol. The van der Waals surface area contributed by atoms with Crippen molar-refractivity contribution in [3.8, 4) is 0 Å². The summed E-state index contributed by atoms with van der Waals surface area (Å²) in [7, 11) is 0. The number of rotatable bonds is 9. The number of alkyl carbamates (subject to hydrolysis) is 1. The zero-order valence-electron chi connectivity index (χ0n) is 16.7. The molecule has 0 spiro atoms. The van der Waals surface area contributed by atoms with E-state index in [0.717, 1.165) is 5.56 Å². The van der Waals surface area contributed by atoms with Crippen LogP contribution >= 0.6 is 0 Å². The van der Waals surface area contributed by atoms with Crippen molar-refractivity contribution < 1.29 is 19.1 Å². The molecule has 27 heavy (non-hydrogen) atoms. The third kappa shape index (κ3) is 9.63. The Morgan fingerprint density at radius 2 is 1.74 bits per heavy atom.